The lowest BCUT2D eigenvalue weighted by molar-refractivity contribution is 0.203. The Hall–Kier alpha value is -3.74. The van der Waals surface area contributed by atoms with Crippen LogP contribution in [0.3, 0.4) is 0 Å². The highest BCUT2D eigenvalue weighted by molar-refractivity contribution is 7.90. The highest BCUT2D eigenvalue weighted by Gasteiger charge is 2.21. The Morgan fingerprint density at radius 1 is 1.00 bits per heavy atom. The highest BCUT2D eigenvalue weighted by atomic mass is 32.2. The van der Waals surface area contributed by atoms with Gasteiger partial charge in [0.05, 0.1) is 29.8 Å². The quantitative estimate of drug-likeness (QED) is 0.349. The van der Waals surface area contributed by atoms with Crippen LogP contribution >= 0.6 is 0 Å². The first kappa shape index (κ1) is 24.4. The molecule has 35 heavy (non-hydrogen) atoms. The molecule has 182 valence electrons. The summed E-state index contributed by atoms with van der Waals surface area (Å²) < 4.78 is 54.3. The van der Waals surface area contributed by atoms with Gasteiger partial charge in [0, 0.05) is 23.3 Å². The van der Waals surface area contributed by atoms with E-state index in [1.165, 1.54) is 24.3 Å². The molecule has 0 fully saturated rings. The van der Waals surface area contributed by atoms with Gasteiger partial charge < -0.3 is 15.5 Å². The Morgan fingerprint density at radius 3 is 2.29 bits per heavy atom. The molecule has 0 aliphatic carbocycles. The van der Waals surface area contributed by atoms with Crippen molar-refractivity contribution in [3.63, 3.8) is 0 Å². The molecule has 0 saturated heterocycles. The third kappa shape index (κ3) is 4.76. The number of fused-ring (bicyclic) bond motifs is 1. The number of hydrogen-bond donors (Lipinski definition) is 3. The maximum Gasteiger partial charge on any atom is 0.256 e. The van der Waals surface area contributed by atoms with Crippen molar-refractivity contribution in [3.05, 3.63) is 76.6 Å². The average Bonchev–Trinajstić information content (AvgIpc) is 2.82. The Labute approximate surface area is 198 Å². The largest absolute Gasteiger partial charge is 0.394 e. The summed E-state index contributed by atoms with van der Waals surface area (Å²) in [5.41, 5.74) is -1.11. The van der Waals surface area contributed by atoms with E-state index in [9.17, 15) is 32.2 Å². The average molecular weight is 502 g/mol. The first-order valence-electron chi connectivity index (χ1n) is 10.3. The summed E-state index contributed by atoms with van der Waals surface area (Å²) in [4.78, 5) is 21.5. The first-order valence-corrected chi connectivity index (χ1v) is 12.2. The number of anilines is 1. The van der Waals surface area contributed by atoms with E-state index >= 15 is 0 Å². The fourth-order valence-corrected chi connectivity index (χ4v) is 4.19. The molecule has 0 aliphatic rings. The molecule has 0 amide bonds. The number of halogens is 2. The smallest absolute Gasteiger partial charge is 0.256 e. The van der Waals surface area contributed by atoms with E-state index in [1.807, 2.05) is 0 Å². The van der Waals surface area contributed by atoms with Crippen LogP contribution < -0.4 is 10.9 Å². The van der Waals surface area contributed by atoms with Gasteiger partial charge in [-0.1, -0.05) is 18.2 Å². The lowest BCUT2D eigenvalue weighted by Crippen LogP contribution is -2.29. The van der Waals surface area contributed by atoms with Crippen LogP contribution in [-0.4, -0.2) is 58.7 Å². The van der Waals surface area contributed by atoms with Gasteiger partial charge in [-0.2, -0.15) is 4.98 Å². The van der Waals surface area contributed by atoms with Crippen LogP contribution in [0, 0.1) is 11.6 Å². The van der Waals surface area contributed by atoms with Crippen molar-refractivity contribution in [3.8, 4) is 16.9 Å². The number of nitrogens with zero attached hydrogens (tertiary/aromatic N) is 3. The first-order chi connectivity index (χ1) is 16.6. The lowest BCUT2D eigenvalue weighted by atomic mass is 10.1. The van der Waals surface area contributed by atoms with Crippen molar-refractivity contribution in [1.82, 2.24) is 14.5 Å². The fourth-order valence-electron chi connectivity index (χ4n) is 3.52. The molecule has 0 atom stereocenters. The van der Waals surface area contributed by atoms with E-state index in [-0.39, 0.29) is 27.6 Å². The molecule has 0 radical (unpaired) electrons. The number of aromatic nitrogens is 3. The Balaban J connectivity index is 2.10. The van der Waals surface area contributed by atoms with E-state index in [1.54, 1.807) is 6.07 Å². The molecule has 2 heterocycles. The molecule has 0 saturated carbocycles. The van der Waals surface area contributed by atoms with E-state index < -0.39 is 52.0 Å². The Morgan fingerprint density at radius 2 is 1.66 bits per heavy atom. The van der Waals surface area contributed by atoms with Gasteiger partial charge in [0.15, 0.2) is 15.5 Å². The van der Waals surface area contributed by atoms with Gasteiger partial charge in [0.2, 0.25) is 5.95 Å². The van der Waals surface area contributed by atoms with Crippen molar-refractivity contribution in [2.75, 3.05) is 24.8 Å². The second kappa shape index (κ2) is 9.49. The number of rotatable bonds is 7. The molecule has 2 aromatic heterocycles. The van der Waals surface area contributed by atoms with E-state index in [2.05, 4.69) is 15.3 Å². The summed E-state index contributed by atoms with van der Waals surface area (Å²) in [6.07, 6.45) is 1.04. The number of hydrogen-bond acceptors (Lipinski definition) is 8. The summed E-state index contributed by atoms with van der Waals surface area (Å²) >= 11 is 0. The van der Waals surface area contributed by atoms with Gasteiger partial charge in [-0.15, -0.1) is 0 Å². The second-order valence-electron chi connectivity index (χ2n) is 7.72. The number of aliphatic hydroxyl groups is 2. The molecular weight excluding hydrogens is 482 g/mol. The summed E-state index contributed by atoms with van der Waals surface area (Å²) in [7, 11) is -3.57. The third-order valence-corrected chi connectivity index (χ3v) is 6.33. The van der Waals surface area contributed by atoms with E-state index in [0.29, 0.717) is 5.56 Å². The molecule has 0 unspecified atom stereocenters. The fraction of sp³-hybridized carbons (Fsp3) is 0.174. The van der Waals surface area contributed by atoms with Gasteiger partial charge in [-0.25, -0.2) is 22.2 Å². The lowest BCUT2D eigenvalue weighted by Gasteiger charge is -2.17. The minimum atomic E-state index is -3.57. The minimum absolute atomic E-state index is 0.00772. The minimum Gasteiger partial charge on any atom is -0.394 e. The Bertz CT molecular complexity index is 1570. The van der Waals surface area contributed by atoms with Crippen molar-refractivity contribution in [1.29, 1.82) is 0 Å². The summed E-state index contributed by atoms with van der Waals surface area (Å²) in [5, 5.41) is 21.8. The number of benzene rings is 2. The van der Waals surface area contributed by atoms with Gasteiger partial charge in [-0.05, 0) is 30.3 Å². The maximum absolute atomic E-state index is 14.7. The zero-order valence-electron chi connectivity index (χ0n) is 18.3. The number of para-hydroxylation sites is 1. The van der Waals surface area contributed by atoms with Crippen LogP contribution in [0.4, 0.5) is 14.7 Å². The van der Waals surface area contributed by atoms with E-state index in [0.717, 1.165) is 35.1 Å². The standard InChI is InChI=1S/C23H20F2N4O5S/c1-35(33,34)15-5-2-4-13(10-15)20-16-8-9-19(32)29(21-17(24)6-3-7-18(21)25)22(16)28-23(27-20)26-14(11-30)12-31/h2-10,14,30-31H,11-12H2,1H3,(H,26,27,28). The van der Waals surface area contributed by atoms with Crippen LogP contribution in [0.15, 0.2) is 64.3 Å². The van der Waals surface area contributed by atoms with Crippen molar-refractivity contribution in [2.45, 2.75) is 10.9 Å². The highest BCUT2D eigenvalue weighted by Crippen LogP contribution is 2.30. The van der Waals surface area contributed by atoms with Gasteiger partial charge >= 0.3 is 0 Å². The van der Waals surface area contributed by atoms with Crippen molar-refractivity contribution in [2.24, 2.45) is 0 Å². The molecule has 3 N–H and O–H groups in total. The molecule has 4 aromatic rings. The number of pyridine rings is 1. The zero-order valence-corrected chi connectivity index (χ0v) is 19.1. The Kier molecular flexibility index (Phi) is 6.61. The monoisotopic (exact) mass is 502 g/mol. The van der Waals surface area contributed by atoms with Crippen molar-refractivity contribution >= 4 is 26.8 Å². The van der Waals surface area contributed by atoms with Gasteiger partial charge in [0.25, 0.3) is 5.56 Å². The van der Waals surface area contributed by atoms with Crippen LogP contribution in [0.1, 0.15) is 0 Å². The molecular formula is C23H20F2N4O5S. The molecule has 2 aromatic carbocycles. The number of aliphatic hydroxyl groups excluding tert-OH is 2. The number of sulfone groups is 1. The molecule has 0 bridgehead atoms. The second-order valence-corrected chi connectivity index (χ2v) is 9.73. The predicted molar refractivity (Wildman–Crippen MR) is 125 cm³/mol. The van der Waals surface area contributed by atoms with E-state index in [4.69, 9.17) is 0 Å². The molecule has 9 nitrogen and oxygen atoms in total. The summed E-state index contributed by atoms with van der Waals surface area (Å²) in [5.74, 6) is -2.17. The SMILES string of the molecule is CS(=O)(=O)c1cccc(-c2nc(NC(CO)CO)nc3c2ccc(=O)n3-c2c(F)cccc2F)c1. The maximum atomic E-state index is 14.7. The van der Waals surface area contributed by atoms with Crippen LogP contribution in [-0.2, 0) is 9.84 Å². The normalized spacial score (nSPS) is 11.8. The molecule has 0 spiro atoms. The van der Waals surface area contributed by atoms with Crippen LogP contribution in [0.25, 0.3) is 28.0 Å². The topological polar surface area (TPSA) is 134 Å². The predicted octanol–water partition coefficient (Wildman–Crippen LogP) is 1.89. The molecule has 0 aliphatic heterocycles. The molecule has 12 heteroatoms. The summed E-state index contributed by atoms with van der Waals surface area (Å²) in [6, 6.07) is 10.6. The zero-order chi connectivity index (χ0) is 25.3. The summed E-state index contributed by atoms with van der Waals surface area (Å²) in [6.45, 7) is -0.972. The van der Waals surface area contributed by atoms with Crippen LogP contribution in [0.5, 0.6) is 0 Å². The third-order valence-electron chi connectivity index (χ3n) is 5.22. The van der Waals surface area contributed by atoms with Gasteiger partial charge in [0.1, 0.15) is 17.3 Å². The van der Waals surface area contributed by atoms with Crippen molar-refractivity contribution < 1.29 is 27.4 Å². The number of nitrogens with one attached hydrogen (secondary N) is 1. The van der Waals surface area contributed by atoms with Gasteiger partial charge in [-0.3, -0.25) is 9.36 Å². The van der Waals surface area contributed by atoms with Crippen LogP contribution in [0.2, 0.25) is 0 Å². The molecule has 4 rings (SSSR count).